The van der Waals surface area contributed by atoms with Crippen LogP contribution in [0.5, 0.6) is 0 Å². The van der Waals surface area contributed by atoms with Crippen LogP contribution in [-0.4, -0.2) is 58.8 Å². The number of aliphatic hydroxyl groups is 3. The summed E-state index contributed by atoms with van der Waals surface area (Å²) in [6, 6.07) is -0.632. The van der Waals surface area contributed by atoms with Crippen molar-refractivity contribution in [2.24, 2.45) is 5.92 Å². The van der Waals surface area contributed by atoms with Gasteiger partial charge in [-0.05, 0) is 0 Å². The molecule has 0 aliphatic carbocycles. The quantitative estimate of drug-likeness (QED) is 0.463. The first-order valence-electron chi connectivity index (χ1n) is 5.36. The van der Waals surface area contributed by atoms with Crippen molar-refractivity contribution in [3.05, 3.63) is 0 Å². The monoisotopic (exact) mass is 233 g/mol. The van der Waals surface area contributed by atoms with E-state index in [1.807, 2.05) is 0 Å². The summed E-state index contributed by atoms with van der Waals surface area (Å²) in [6.45, 7) is 3.20. The van der Waals surface area contributed by atoms with Gasteiger partial charge in [-0.1, -0.05) is 13.8 Å². The number of carbonyl (C=O) groups excluding carboxylic acids is 1. The summed E-state index contributed by atoms with van der Waals surface area (Å²) in [5.41, 5.74) is 0. The molecule has 1 heterocycles. The van der Waals surface area contributed by atoms with Gasteiger partial charge in [0.1, 0.15) is 18.3 Å². The molecule has 0 aromatic heterocycles. The summed E-state index contributed by atoms with van der Waals surface area (Å²) < 4.78 is 5.13. The molecule has 0 aromatic carbocycles. The van der Waals surface area contributed by atoms with Gasteiger partial charge in [0.05, 0.1) is 19.3 Å². The summed E-state index contributed by atoms with van der Waals surface area (Å²) in [5.74, 6) is -0.401. The summed E-state index contributed by atoms with van der Waals surface area (Å²) in [4.78, 5) is 11.4. The van der Waals surface area contributed by atoms with E-state index in [1.54, 1.807) is 13.8 Å². The van der Waals surface area contributed by atoms with Crippen molar-refractivity contribution in [1.29, 1.82) is 0 Å². The minimum absolute atomic E-state index is 0.0852. The lowest BCUT2D eigenvalue weighted by Gasteiger charge is -2.37. The molecule has 6 heteroatoms. The van der Waals surface area contributed by atoms with E-state index < -0.39 is 24.4 Å². The number of aliphatic hydroxyl groups excluding tert-OH is 3. The summed E-state index contributed by atoms with van der Waals surface area (Å²) in [6.07, 6.45) is -3.09. The lowest BCUT2D eigenvalue weighted by Crippen LogP contribution is -2.60. The van der Waals surface area contributed by atoms with Gasteiger partial charge in [0.2, 0.25) is 5.91 Å². The van der Waals surface area contributed by atoms with Gasteiger partial charge in [-0.2, -0.15) is 0 Å². The Morgan fingerprint density at radius 3 is 2.56 bits per heavy atom. The molecule has 1 amide bonds. The lowest BCUT2D eigenvalue weighted by atomic mass is 9.98. The van der Waals surface area contributed by atoms with Gasteiger partial charge in [0.25, 0.3) is 0 Å². The van der Waals surface area contributed by atoms with Crippen molar-refractivity contribution >= 4 is 5.91 Å². The Hall–Kier alpha value is -0.690. The number of ether oxygens (including phenoxy) is 1. The van der Waals surface area contributed by atoms with Crippen LogP contribution in [0.4, 0.5) is 0 Å². The van der Waals surface area contributed by atoms with E-state index in [9.17, 15) is 15.0 Å². The first-order valence-corrected chi connectivity index (χ1v) is 5.36. The smallest absolute Gasteiger partial charge is 0.222 e. The fourth-order valence-corrected chi connectivity index (χ4v) is 1.52. The average Bonchev–Trinajstić information content (AvgIpc) is 2.25. The number of hydrogen-bond donors (Lipinski definition) is 4. The Balaban J connectivity index is 2.54. The third kappa shape index (κ3) is 2.91. The summed E-state index contributed by atoms with van der Waals surface area (Å²) >= 11 is 0. The maximum absolute atomic E-state index is 11.4. The van der Waals surface area contributed by atoms with E-state index in [1.165, 1.54) is 0 Å². The van der Waals surface area contributed by atoms with E-state index in [4.69, 9.17) is 9.84 Å². The predicted octanol–water partition coefficient (Wildman–Crippen LogP) is -1.76. The first kappa shape index (κ1) is 13.4. The van der Waals surface area contributed by atoms with Crippen LogP contribution in [-0.2, 0) is 9.53 Å². The second-order valence-electron chi connectivity index (χ2n) is 4.31. The molecule has 0 saturated carbocycles. The normalized spacial score (nSPS) is 35.1. The number of amides is 1. The van der Waals surface area contributed by atoms with E-state index >= 15 is 0 Å². The highest BCUT2D eigenvalue weighted by atomic mass is 16.5. The molecule has 0 radical (unpaired) electrons. The van der Waals surface area contributed by atoms with Crippen molar-refractivity contribution < 1.29 is 24.9 Å². The zero-order chi connectivity index (χ0) is 12.3. The molecular weight excluding hydrogens is 214 g/mol. The third-order valence-corrected chi connectivity index (χ3v) is 2.66. The van der Waals surface area contributed by atoms with Crippen molar-refractivity contribution in [2.75, 3.05) is 13.2 Å². The van der Waals surface area contributed by atoms with Gasteiger partial charge in [-0.15, -0.1) is 0 Å². The number of nitrogens with one attached hydrogen (secondary N) is 1. The maximum Gasteiger partial charge on any atom is 0.222 e. The van der Waals surface area contributed by atoms with Crippen LogP contribution < -0.4 is 5.32 Å². The van der Waals surface area contributed by atoms with Gasteiger partial charge in [-0.3, -0.25) is 4.79 Å². The second kappa shape index (κ2) is 5.58. The lowest BCUT2D eigenvalue weighted by molar-refractivity contribution is -0.165. The zero-order valence-electron chi connectivity index (χ0n) is 9.46. The van der Waals surface area contributed by atoms with Crippen LogP contribution >= 0.6 is 0 Å². The molecule has 0 bridgehead atoms. The van der Waals surface area contributed by atoms with E-state index in [-0.39, 0.29) is 25.0 Å². The number of hydrogen-bond acceptors (Lipinski definition) is 5. The Bertz CT molecular complexity index is 245. The predicted molar refractivity (Wildman–Crippen MR) is 55.6 cm³/mol. The van der Waals surface area contributed by atoms with E-state index in [0.717, 1.165) is 0 Å². The molecule has 1 rings (SSSR count). The van der Waals surface area contributed by atoms with Gasteiger partial charge in [0, 0.05) is 5.92 Å². The zero-order valence-corrected chi connectivity index (χ0v) is 9.46. The summed E-state index contributed by atoms with van der Waals surface area (Å²) in [7, 11) is 0. The topological polar surface area (TPSA) is 99.0 Å². The molecular formula is C10H19NO5. The van der Waals surface area contributed by atoms with Gasteiger partial charge in [-0.25, -0.2) is 0 Å². The van der Waals surface area contributed by atoms with Crippen molar-refractivity contribution in [1.82, 2.24) is 5.32 Å². The molecule has 4 unspecified atom stereocenters. The molecule has 6 nitrogen and oxygen atoms in total. The molecule has 4 atom stereocenters. The van der Waals surface area contributed by atoms with Gasteiger partial charge in [0.15, 0.2) is 0 Å². The largest absolute Gasteiger partial charge is 0.394 e. The third-order valence-electron chi connectivity index (χ3n) is 2.66. The van der Waals surface area contributed by atoms with Crippen molar-refractivity contribution in [2.45, 2.75) is 38.2 Å². The molecule has 0 aromatic rings. The van der Waals surface area contributed by atoms with Crippen LogP contribution in [0.3, 0.4) is 0 Å². The molecule has 0 spiro atoms. The van der Waals surface area contributed by atoms with Crippen LogP contribution in [0.2, 0.25) is 0 Å². The molecule has 94 valence electrons. The Morgan fingerprint density at radius 2 is 2.06 bits per heavy atom. The van der Waals surface area contributed by atoms with Crippen LogP contribution in [0.25, 0.3) is 0 Å². The minimum Gasteiger partial charge on any atom is -0.394 e. The van der Waals surface area contributed by atoms with Crippen LogP contribution in [0.1, 0.15) is 13.8 Å². The Labute approximate surface area is 94.2 Å². The molecule has 4 N–H and O–H groups in total. The maximum atomic E-state index is 11.4. The molecule has 1 saturated heterocycles. The Morgan fingerprint density at radius 1 is 1.44 bits per heavy atom. The van der Waals surface area contributed by atoms with Crippen LogP contribution in [0, 0.1) is 5.92 Å². The number of rotatable bonds is 3. The van der Waals surface area contributed by atoms with Crippen molar-refractivity contribution in [3.8, 4) is 0 Å². The van der Waals surface area contributed by atoms with Gasteiger partial charge >= 0.3 is 0 Å². The SMILES string of the molecule is CC(C)C(=O)NC1COC(CO)C(O)C1O. The van der Waals surface area contributed by atoms with E-state index in [2.05, 4.69) is 5.32 Å². The van der Waals surface area contributed by atoms with Crippen LogP contribution in [0.15, 0.2) is 0 Å². The van der Waals surface area contributed by atoms with Gasteiger partial charge < -0.3 is 25.4 Å². The first-order chi connectivity index (χ1) is 7.47. The second-order valence-corrected chi connectivity index (χ2v) is 4.31. The molecule has 1 aliphatic heterocycles. The Kier molecular flexibility index (Phi) is 4.67. The minimum atomic E-state index is -1.18. The fourth-order valence-electron chi connectivity index (χ4n) is 1.52. The molecule has 16 heavy (non-hydrogen) atoms. The highest BCUT2D eigenvalue weighted by Crippen LogP contribution is 2.15. The average molecular weight is 233 g/mol. The highest BCUT2D eigenvalue weighted by Gasteiger charge is 2.38. The van der Waals surface area contributed by atoms with E-state index in [0.29, 0.717) is 0 Å². The van der Waals surface area contributed by atoms with Crippen molar-refractivity contribution in [3.63, 3.8) is 0 Å². The fraction of sp³-hybridized carbons (Fsp3) is 0.900. The molecule has 1 fully saturated rings. The standard InChI is InChI=1S/C10H19NO5/c1-5(2)10(15)11-6-4-16-7(3-12)9(14)8(6)13/h5-9,12-14H,3-4H2,1-2H3,(H,11,15). The molecule has 1 aliphatic rings. The number of carbonyl (C=O) groups is 1. The summed E-state index contributed by atoms with van der Waals surface area (Å²) in [5, 5.41) is 30.7. The highest BCUT2D eigenvalue weighted by molar-refractivity contribution is 5.78.